The summed E-state index contributed by atoms with van der Waals surface area (Å²) in [5.41, 5.74) is 0.421. The van der Waals surface area contributed by atoms with Crippen LogP contribution in [-0.2, 0) is 9.05 Å². The fourth-order valence-electron chi connectivity index (χ4n) is 2.92. The zero-order valence-corrected chi connectivity index (χ0v) is 14.0. The number of aromatic nitrogens is 1. The molecule has 118 valence electrons. The van der Waals surface area contributed by atoms with Crippen LogP contribution >= 0.6 is 10.7 Å². The van der Waals surface area contributed by atoms with E-state index >= 15 is 0 Å². The topological polar surface area (TPSA) is 59.4 Å². The maximum Gasteiger partial charge on any atom is 0.270 e. The molecule has 2 rings (SSSR count). The van der Waals surface area contributed by atoms with Gasteiger partial charge < -0.3 is 9.47 Å². The highest BCUT2D eigenvalue weighted by Gasteiger charge is 2.27. The second-order valence-corrected chi connectivity index (χ2v) is 7.89. The summed E-state index contributed by atoms with van der Waals surface area (Å²) in [4.78, 5) is 14.3. The van der Waals surface area contributed by atoms with E-state index in [1.54, 1.807) is 4.90 Å². The second kappa shape index (κ2) is 6.40. The molecule has 21 heavy (non-hydrogen) atoms. The number of hydrogen-bond donors (Lipinski definition) is 0. The van der Waals surface area contributed by atoms with Crippen LogP contribution in [0.25, 0.3) is 0 Å². The van der Waals surface area contributed by atoms with Gasteiger partial charge in [0.05, 0.1) is 0 Å². The van der Waals surface area contributed by atoms with E-state index < -0.39 is 9.05 Å². The van der Waals surface area contributed by atoms with E-state index in [4.69, 9.17) is 10.7 Å². The van der Waals surface area contributed by atoms with Gasteiger partial charge in [-0.15, -0.1) is 0 Å². The first-order chi connectivity index (χ1) is 9.88. The zero-order chi connectivity index (χ0) is 15.6. The average Bonchev–Trinajstić information content (AvgIpc) is 3.08. The maximum atomic E-state index is 12.6. The summed E-state index contributed by atoms with van der Waals surface area (Å²) in [6.07, 6.45) is 5.65. The van der Waals surface area contributed by atoms with Crippen molar-refractivity contribution in [2.75, 3.05) is 13.1 Å². The SMILES string of the molecule is CCN(CC)C(=O)c1cc(S(=O)(=O)Cl)cn1C1CCCC1. The minimum absolute atomic E-state index is 0.00609. The molecule has 1 heterocycles. The van der Waals surface area contributed by atoms with Crippen LogP contribution in [0.5, 0.6) is 0 Å². The molecule has 0 saturated heterocycles. The molecule has 0 aliphatic heterocycles. The number of rotatable bonds is 5. The third-order valence-corrected chi connectivity index (χ3v) is 5.41. The molecule has 0 spiro atoms. The first-order valence-electron chi connectivity index (χ1n) is 7.34. The molecule has 1 aliphatic carbocycles. The Balaban J connectivity index is 2.46. The third kappa shape index (κ3) is 3.43. The lowest BCUT2D eigenvalue weighted by atomic mass is 10.2. The standard InChI is InChI=1S/C14H21ClN2O3S/c1-3-16(4-2)14(18)13-9-12(21(15,19)20)10-17(13)11-7-5-6-8-11/h9-11H,3-8H2,1-2H3. The molecule has 5 nitrogen and oxygen atoms in total. The van der Waals surface area contributed by atoms with E-state index in [9.17, 15) is 13.2 Å². The minimum atomic E-state index is -3.83. The van der Waals surface area contributed by atoms with Crippen LogP contribution < -0.4 is 0 Å². The van der Waals surface area contributed by atoms with Gasteiger partial charge in [0.25, 0.3) is 15.0 Å². The summed E-state index contributed by atoms with van der Waals surface area (Å²) >= 11 is 0. The Labute approximate surface area is 130 Å². The molecular weight excluding hydrogens is 312 g/mol. The molecule has 1 saturated carbocycles. The van der Waals surface area contributed by atoms with E-state index in [1.165, 1.54) is 12.3 Å². The van der Waals surface area contributed by atoms with E-state index in [0.29, 0.717) is 18.8 Å². The fourth-order valence-corrected chi connectivity index (χ4v) is 3.66. The van der Waals surface area contributed by atoms with Crippen molar-refractivity contribution in [2.45, 2.75) is 50.5 Å². The summed E-state index contributed by atoms with van der Waals surface area (Å²) in [6, 6.07) is 1.59. The number of hydrogen-bond acceptors (Lipinski definition) is 3. The van der Waals surface area contributed by atoms with Crippen molar-refractivity contribution in [2.24, 2.45) is 0 Å². The summed E-state index contributed by atoms with van der Waals surface area (Å²) in [5, 5.41) is 0. The number of carbonyl (C=O) groups excluding carboxylic acids is 1. The van der Waals surface area contributed by atoms with Gasteiger partial charge >= 0.3 is 0 Å². The smallest absolute Gasteiger partial charge is 0.270 e. The van der Waals surface area contributed by atoms with Crippen LogP contribution in [0.15, 0.2) is 17.2 Å². The van der Waals surface area contributed by atoms with Crippen LogP contribution in [0.3, 0.4) is 0 Å². The van der Waals surface area contributed by atoms with E-state index in [1.807, 2.05) is 18.4 Å². The Morgan fingerprint density at radius 3 is 2.38 bits per heavy atom. The summed E-state index contributed by atoms with van der Waals surface area (Å²) < 4.78 is 25.0. The number of amides is 1. The molecule has 1 amide bonds. The molecular formula is C14H21ClN2O3S. The van der Waals surface area contributed by atoms with Crippen LogP contribution in [-0.4, -0.2) is 36.9 Å². The number of nitrogens with zero attached hydrogens (tertiary/aromatic N) is 2. The fraction of sp³-hybridized carbons (Fsp3) is 0.643. The van der Waals surface area contributed by atoms with Gasteiger partial charge in [-0.05, 0) is 32.8 Å². The minimum Gasteiger partial charge on any atom is -0.339 e. The molecule has 7 heteroatoms. The quantitative estimate of drug-likeness (QED) is 0.779. The van der Waals surface area contributed by atoms with Gasteiger partial charge in [0.15, 0.2) is 0 Å². The Morgan fingerprint density at radius 1 is 1.33 bits per heavy atom. The van der Waals surface area contributed by atoms with Gasteiger partial charge in [0.2, 0.25) is 0 Å². The lowest BCUT2D eigenvalue weighted by Gasteiger charge is -2.22. The molecule has 1 aromatic heterocycles. The molecule has 1 aromatic rings. The van der Waals surface area contributed by atoms with Crippen molar-refractivity contribution in [3.8, 4) is 0 Å². The predicted octanol–water partition coefficient (Wildman–Crippen LogP) is 3.01. The number of halogens is 1. The van der Waals surface area contributed by atoms with Crippen molar-refractivity contribution in [1.29, 1.82) is 0 Å². The van der Waals surface area contributed by atoms with E-state index in [-0.39, 0.29) is 16.8 Å². The molecule has 0 unspecified atom stereocenters. The number of carbonyl (C=O) groups is 1. The highest BCUT2D eigenvalue weighted by molar-refractivity contribution is 8.13. The first kappa shape index (κ1) is 16.4. The predicted molar refractivity (Wildman–Crippen MR) is 82.2 cm³/mol. The van der Waals surface area contributed by atoms with E-state index in [0.717, 1.165) is 25.7 Å². The molecule has 0 N–H and O–H groups in total. The van der Waals surface area contributed by atoms with Gasteiger partial charge in [0, 0.05) is 36.0 Å². The van der Waals surface area contributed by atoms with E-state index in [2.05, 4.69) is 0 Å². The summed E-state index contributed by atoms with van der Waals surface area (Å²) in [7, 11) is 1.61. The van der Waals surface area contributed by atoms with Gasteiger partial charge in [0.1, 0.15) is 10.6 Å². The van der Waals surface area contributed by atoms with Gasteiger partial charge in [-0.2, -0.15) is 0 Å². The molecule has 0 aromatic carbocycles. The van der Waals surface area contributed by atoms with Crippen molar-refractivity contribution in [3.63, 3.8) is 0 Å². The average molecular weight is 333 g/mol. The highest BCUT2D eigenvalue weighted by Crippen LogP contribution is 2.33. The molecule has 0 bridgehead atoms. The van der Waals surface area contributed by atoms with Crippen LogP contribution in [0.4, 0.5) is 0 Å². The largest absolute Gasteiger partial charge is 0.339 e. The summed E-state index contributed by atoms with van der Waals surface area (Å²) in [6.45, 7) is 5.00. The Bertz CT molecular complexity index is 614. The highest BCUT2D eigenvalue weighted by atomic mass is 35.7. The lowest BCUT2D eigenvalue weighted by molar-refractivity contribution is 0.0760. The van der Waals surface area contributed by atoms with Gasteiger partial charge in [-0.25, -0.2) is 8.42 Å². The van der Waals surface area contributed by atoms with Gasteiger partial charge in [-0.3, -0.25) is 4.79 Å². The molecule has 0 radical (unpaired) electrons. The van der Waals surface area contributed by atoms with Crippen molar-refractivity contribution < 1.29 is 13.2 Å². The second-order valence-electron chi connectivity index (χ2n) is 5.32. The van der Waals surface area contributed by atoms with Crippen molar-refractivity contribution in [3.05, 3.63) is 18.0 Å². The van der Waals surface area contributed by atoms with Crippen LogP contribution in [0.1, 0.15) is 56.1 Å². The zero-order valence-electron chi connectivity index (χ0n) is 12.4. The Morgan fingerprint density at radius 2 is 1.90 bits per heavy atom. The maximum absolute atomic E-state index is 12.6. The summed E-state index contributed by atoms with van der Waals surface area (Å²) in [5.74, 6) is -0.140. The van der Waals surface area contributed by atoms with Gasteiger partial charge in [-0.1, -0.05) is 12.8 Å². The molecule has 1 fully saturated rings. The Kier molecular flexibility index (Phi) is 4.99. The monoisotopic (exact) mass is 332 g/mol. The third-order valence-electron chi connectivity index (χ3n) is 4.09. The normalized spacial score (nSPS) is 16.3. The Hall–Kier alpha value is -1.01. The molecule has 0 atom stereocenters. The van der Waals surface area contributed by atoms with Crippen molar-refractivity contribution >= 4 is 25.6 Å². The lowest BCUT2D eigenvalue weighted by Crippen LogP contribution is -2.32. The van der Waals surface area contributed by atoms with Crippen LogP contribution in [0, 0.1) is 0 Å². The van der Waals surface area contributed by atoms with Crippen molar-refractivity contribution in [1.82, 2.24) is 9.47 Å². The van der Waals surface area contributed by atoms with Crippen LogP contribution in [0.2, 0.25) is 0 Å². The first-order valence-corrected chi connectivity index (χ1v) is 9.65. The molecule has 1 aliphatic rings.